The third-order valence-corrected chi connectivity index (χ3v) is 4.00. The summed E-state index contributed by atoms with van der Waals surface area (Å²) in [5.41, 5.74) is 0.942. The molecule has 114 valence electrons. The van der Waals surface area contributed by atoms with Crippen LogP contribution in [0.2, 0.25) is 0 Å². The molecule has 0 radical (unpaired) electrons. The Morgan fingerprint density at radius 2 is 2.24 bits per heavy atom. The lowest BCUT2D eigenvalue weighted by atomic mass is 10.2. The van der Waals surface area contributed by atoms with Gasteiger partial charge in [-0.3, -0.25) is 4.57 Å². The van der Waals surface area contributed by atoms with Gasteiger partial charge < -0.3 is 9.47 Å². The Balaban J connectivity index is 2.00. The second kappa shape index (κ2) is 7.90. The van der Waals surface area contributed by atoms with E-state index in [1.54, 1.807) is 18.8 Å². The van der Waals surface area contributed by atoms with E-state index in [-0.39, 0.29) is 5.69 Å². The number of benzene rings is 1. The van der Waals surface area contributed by atoms with Gasteiger partial charge >= 0.3 is 5.69 Å². The van der Waals surface area contributed by atoms with E-state index in [1.807, 2.05) is 24.3 Å². The first-order valence-electron chi connectivity index (χ1n) is 6.64. The Bertz CT molecular complexity index is 624. The molecule has 0 saturated heterocycles. The van der Waals surface area contributed by atoms with Crippen molar-refractivity contribution in [3.8, 4) is 5.75 Å². The molecule has 0 aliphatic heterocycles. The minimum absolute atomic E-state index is 0.181. The summed E-state index contributed by atoms with van der Waals surface area (Å²) < 4.78 is 11.9. The van der Waals surface area contributed by atoms with Gasteiger partial charge in [0.15, 0.2) is 5.16 Å². The maximum Gasteiger partial charge on any atom is 0.343 e. The number of aromatic amines is 1. The van der Waals surface area contributed by atoms with Crippen LogP contribution >= 0.6 is 11.8 Å². The molecule has 1 aromatic carbocycles. The third-order valence-electron chi connectivity index (χ3n) is 2.96. The third kappa shape index (κ3) is 4.37. The lowest BCUT2D eigenvalue weighted by Gasteiger charge is -2.06. The lowest BCUT2D eigenvalue weighted by Crippen LogP contribution is -2.18. The number of nitrogens with zero attached hydrogens (tertiary/aromatic N) is 2. The van der Waals surface area contributed by atoms with Gasteiger partial charge in [-0.05, 0) is 24.1 Å². The van der Waals surface area contributed by atoms with Crippen LogP contribution in [0.15, 0.2) is 34.2 Å². The molecule has 0 bridgehead atoms. The van der Waals surface area contributed by atoms with Crippen molar-refractivity contribution in [1.29, 1.82) is 0 Å². The maximum absolute atomic E-state index is 11.7. The molecule has 1 N–H and O–H groups in total. The number of methoxy groups -OCH3 is 2. The van der Waals surface area contributed by atoms with E-state index in [0.29, 0.717) is 18.3 Å². The van der Waals surface area contributed by atoms with Crippen molar-refractivity contribution >= 4 is 11.8 Å². The summed E-state index contributed by atoms with van der Waals surface area (Å²) in [6.45, 7) is 1.22. The monoisotopic (exact) mass is 309 g/mol. The lowest BCUT2D eigenvalue weighted by molar-refractivity contribution is 0.189. The predicted octanol–water partition coefficient (Wildman–Crippen LogP) is 1.91. The Kier molecular flexibility index (Phi) is 5.89. The van der Waals surface area contributed by atoms with Crippen molar-refractivity contribution in [3.05, 3.63) is 40.3 Å². The second-order valence-corrected chi connectivity index (χ2v) is 5.39. The van der Waals surface area contributed by atoms with Crippen LogP contribution < -0.4 is 10.4 Å². The molecule has 1 heterocycles. The Morgan fingerprint density at radius 1 is 1.38 bits per heavy atom. The molecule has 7 heteroatoms. The Labute approximate surface area is 127 Å². The molecule has 0 aliphatic carbocycles. The largest absolute Gasteiger partial charge is 0.497 e. The first-order valence-corrected chi connectivity index (χ1v) is 7.63. The summed E-state index contributed by atoms with van der Waals surface area (Å²) in [7, 11) is 3.30. The second-order valence-electron chi connectivity index (χ2n) is 4.45. The van der Waals surface area contributed by atoms with E-state index in [4.69, 9.17) is 9.47 Å². The van der Waals surface area contributed by atoms with Crippen LogP contribution in [0, 0.1) is 0 Å². The molecule has 6 nitrogen and oxygen atoms in total. The molecule has 1 aromatic heterocycles. The summed E-state index contributed by atoms with van der Waals surface area (Å²) in [5.74, 6) is 1.55. The van der Waals surface area contributed by atoms with Crippen molar-refractivity contribution in [3.63, 3.8) is 0 Å². The molecular formula is C14H19N3O3S. The molecular weight excluding hydrogens is 290 g/mol. The minimum Gasteiger partial charge on any atom is -0.497 e. The highest BCUT2D eigenvalue weighted by atomic mass is 32.2. The van der Waals surface area contributed by atoms with Gasteiger partial charge in [0, 0.05) is 26.0 Å². The normalized spacial score (nSPS) is 10.8. The fraction of sp³-hybridized carbons (Fsp3) is 0.429. The highest BCUT2D eigenvalue weighted by molar-refractivity contribution is 7.98. The molecule has 0 atom stereocenters. The number of thioether (sulfide) groups is 1. The average Bonchev–Trinajstić information content (AvgIpc) is 2.86. The van der Waals surface area contributed by atoms with Gasteiger partial charge in [0.05, 0.1) is 7.11 Å². The highest BCUT2D eigenvalue weighted by Gasteiger charge is 2.09. The minimum atomic E-state index is -0.181. The van der Waals surface area contributed by atoms with Crippen molar-refractivity contribution < 1.29 is 9.47 Å². The molecule has 0 amide bonds. The zero-order valence-corrected chi connectivity index (χ0v) is 13.0. The van der Waals surface area contributed by atoms with Crippen LogP contribution in [-0.4, -0.2) is 35.6 Å². The van der Waals surface area contributed by atoms with Crippen molar-refractivity contribution in [2.24, 2.45) is 0 Å². The summed E-state index contributed by atoms with van der Waals surface area (Å²) >= 11 is 1.52. The topological polar surface area (TPSA) is 69.1 Å². The SMILES string of the molecule is COCCCn1c(SCc2cccc(OC)c2)n[nH]c1=O. The molecule has 0 unspecified atom stereocenters. The molecule has 21 heavy (non-hydrogen) atoms. The van der Waals surface area contributed by atoms with Gasteiger partial charge in [-0.1, -0.05) is 23.9 Å². The fourth-order valence-corrected chi connectivity index (χ4v) is 2.80. The molecule has 0 spiro atoms. The number of rotatable bonds is 8. The first-order chi connectivity index (χ1) is 10.2. The zero-order valence-electron chi connectivity index (χ0n) is 12.2. The van der Waals surface area contributed by atoms with Crippen molar-refractivity contribution in [2.75, 3.05) is 20.8 Å². The van der Waals surface area contributed by atoms with Crippen LogP contribution in [0.25, 0.3) is 0 Å². The van der Waals surface area contributed by atoms with Crippen LogP contribution in [0.3, 0.4) is 0 Å². The highest BCUT2D eigenvalue weighted by Crippen LogP contribution is 2.22. The van der Waals surface area contributed by atoms with E-state index in [2.05, 4.69) is 10.2 Å². The van der Waals surface area contributed by atoms with Crippen LogP contribution in [0.5, 0.6) is 5.75 Å². The zero-order chi connectivity index (χ0) is 15.1. The molecule has 0 fully saturated rings. The standard InChI is InChI=1S/C14H19N3O3S/c1-19-8-4-7-17-13(18)15-16-14(17)21-10-11-5-3-6-12(9-11)20-2/h3,5-6,9H,4,7-8,10H2,1-2H3,(H,15,18). The smallest absolute Gasteiger partial charge is 0.343 e. The number of nitrogens with one attached hydrogen (secondary N) is 1. The summed E-state index contributed by atoms with van der Waals surface area (Å²) in [4.78, 5) is 11.7. The van der Waals surface area contributed by atoms with Gasteiger partial charge in [0.1, 0.15) is 5.75 Å². The number of H-pyrrole nitrogens is 1. The van der Waals surface area contributed by atoms with E-state index < -0.39 is 0 Å². The number of ether oxygens (including phenoxy) is 2. The van der Waals surface area contributed by atoms with Crippen LogP contribution in [0.4, 0.5) is 0 Å². The summed E-state index contributed by atoms with van der Waals surface area (Å²) in [5, 5.41) is 7.26. The molecule has 0 saturated carbocycles. The van der Waals surface area contributed by atoms with Crippen LogP contribution in [-0.2, 0) is 17.0 Å². The first kappa shape index (κ1) is 15.7. The molecule has 2 rings (SSSR count). The van der Waals surface area contributed by atoms with E-state index in [0.717, 1.165) is 23.5 Å². The Morgan fingerprint density at radius 3 is 3.00 bits per heavy atom. The van der Waals surface area contributed by atoms with Gasteiger partial charge in [-0.25, -0.2) is 9.89 Å². The number of hydrogen-bond donors (Lipinski definition) is 1. The van der Waals surface area contributed by atoms with E-state index >= 15 is 0 Å². The van der Waals surface area contributed by atoms with Gasteiger partial charge in [0.2, 0.25) is 0 Å². The predicted molar refractivity (Wildman–Crippen MR) is 81.9 cm³/mol. The summed E-state index contributed by atoms with van der Waals surface area (Å²) in [6, 6.07) is 7.86. The number of hydrogen-bond acceptors (Lipinski definition) is 5. The molecule has 2 aromatic rings. The fourth-order valence-electron chi connectivity index (χ4n) is 1.89. The van der Waals surface area contributed by atoms with Crippen molar-refractivity contribution in [1.82, 2.24) is 14.8 Å². The summed E-state index contributed by atoms with van der Waals surface area (Å²) in [6.07, 6.45) is 0.780. The Hall–Kier alpha value is -1.73. The van der Waals surface area contributed by atoms with E-state index in [1.165, 1.54) is 11.8 Å². The van der Waals surface area contributed by atoms with Gasteiger partial charge in [0.25, 0.3) is 0 Å². The van der Waals surface area contributed by atoms with Crippen molar-refractivity contribution in [2.45, 2.75) is 23.9 Å². The van der Waals surface area contributed by atoms with Crippen LogP contribution in [0.1, 0.15) is 12.0 Å². The number of aromatic nitrogens is 3. The van der Waals surface area contributed by atoms with E-state index in [9.17, 15) is 4.79 Å². The average molecular weight is 309 g/mol. The van der Waals surface area contributed by atoms with Gasteiger partial charge in [-0.2, -0.15) is 0 Å². The maximum atomic E-state index is 11.7. The quantitative estimate of drug-likeness (QED) is 0.596. The van der Waals surface area contributed by atoms with Gasteiger partial charge in [-0.15, -0.1) is 5.10 Å². The molecule has 0 aliphatic rings.